The van der Waals surface area contributed by atoms with Crippen LogP contribution in [0.5, 0.6) is 0 Å². The zero-order valence-electron chi connectivity index (χ0n) is 12.9. The summed E-state index contributed by atoms with van der Waals surface area (Å²) in [5.41, 5.74) is 2.08. The molecule has 0 spiro atoms. The van der Waals surface area contributed by atoms with Crippen molar-refractivity contribution in [1.29, 1.82) is 0 Å². The molecule has 0 bridgehead atoms. The van der Waals surface area contributed by atoms with Gasteiger partial charge in [0.05, 0.1) is 0 Å². The first-order chi connectivity index (χ1) is 10.6. The summed E-state index contributed by atoms with van der Waals surface area (Å²) in [6, 6.07) is 8.17. The Morgan fingerprint density at radius 2 is 2.18 bits per heavy atom. The maximum Gasteiger partial charge on any atom is 0.246 e. The van der Waals surface area contributed by atoms with E-state index >= 15 is 0 Å². The van der Waals surface area contributed by atoms with Gasteiger partial charge in [0.1, 0.15) is 6.54 Å². The SMILES string of the molecule is Cc1ccc(-c2nnn(CC(=O)N(C)C3CCNC3)n2)cc1. The topological polar surface area (TPSA) is 75.9 Å². The van der Waals surface area contributed by atoms with Crippen LogP contribution in [0.2, 0.25) is 0 Å². The lowest BCUT2D eigenvalue weighted by Crippen LogP contribution is -2.40. The number of nitrogens with zero attached hydrogens (tertiary/aromatic N) is 5. The predicted molar refractivity (Wildman–Crippen MR) is 82.0 cm³/mol. The van der Waals surface area contributed by atoms with Crippen molar-refractivity contribution in [3.8, 4) is 11.4 Å². The molecule has 7 heteroatoms. The largest absolute Gasteiger partial charge is 0.340 e. The van der Waals surface area contributed by atoms with Gasteiger partial charge in [0.15, 0.2) is 0 Å². The van der Waals surface area contributed by atoms with Crippen molar-refractivity contribution in [2.45, 2.75) is 25.9 Å². The summed E-state index contributed by atoms with van der Waals surface area (Å²) in [4.78, 5) is 15.4. The Hall–Kier alpha value is -2.28. The number of carbonyl (C=O) groups is 1. The number of amides is 1. The van der Waals surface area contributed by atoms with Crippen molar-refractivity contribution in [3.63, 3.8) is 0 Å². The van der Waals surface area contributed by atoms with Crippen LogP contribution in [-0.2, 0) is 11.3 Å². The van der Waals surface area contributed by atoms with Crippen LogP contribution in [0, 0.1) is 6.92 Å². The first kappa shape index (κ1) is 14.6. The van der Waals surface area contributed by atoms with Gasteiger partial charge in [-0.2, -0.15) is 4.80 Å². The van der Waals surface area contributed by atoms with Crippen molar-refractivity contribution >= 4 is 5.91 Å². The Bertz CT molecular complexity index is 644. The maximum atomic E-state index is 12.3. The van der Waals surface area contributed by atoms with Crippen molar-refractivity contribution in [3.05, 3.63) is 29.8 Å². The zero-order chi connectivity index (χ0) is 15.5. The first-order valence-electron chi connectivity index (χ1n) is 7.45. The number of hydrogen-bond acceptors (Lipinski definition) is 5. The highest BCUT2D eigenvalue weighted by Gasteiger charge is 2.23. The second-order valence-corrected chi connectivity index (χ2v) is 5.66. The Labute approximate surface area is 129 Å². The third-order valence-electron chi connectivity index (χ3n) is 4.01. The van der Waals surface area contributed by atoms with E-state index in [9.17, 15) is 4.79 Å². The molecule has 2 aromatic rings. The molecule has 1 aliphatic heterocycles. The Balaban J connectivity index is 1.66. The molecule has 0 saturated carbocycles. The van der Waals surface area contributed by atoms with Crippen molar-refractivity contribution < 1.29 is 4.79 Å². The summed E-state index contributed by atoms with van der Waals surface area (Å²) < 4.78 is 0. The predicted octanol–water partition coefficient (Wildman–Crippen LogP) is 0.469. The van der Waals surface area contributed by atoms with Crippen LogP contribution in [0.3, 0.4) is 0 Å². The average Bonchev–Trinajstić information content (AvgIpc) is 3.18. The van der Waals surface area contributed by atoms with E-state index in [1.165, 1.54) is 10.4 Å². The van der Waals surface area contributed by atoms with Crippen LogP contribution in [0.1, 0.15) is 12.0 Å². The average molecular weight is 300 g/mol. The van der Waals surface area contributed by atoms with Crippen LogP contribution < -0.4 is 5.32 Å². The molecule has 1 amide bonds. The summed E-state index contributed by atoms with van der Waals surface area (Å²) in [5.74, 6) is 0.541. The Morgan fingerprint density at radius 1 is 1.41 bits per heavy atom. The Kier molecular flexibility index (Phi) is 4.15. The van der Waals surface area contributed by atoms with E-state index < -0.39 is 0 Å². The second-order valence-electron chi connectivity index (χ2n) is 5.66. The highest BCUT2D eigenvalue weighted by molar-refractivity contribution is 5.76. The molecule has 22 heavy (non-hydrogen) atoms. The minimum atomic E-state index is 0.00144. The van der Waals surface area contributed by atoms with Gasteiger partial charge in [-0.15, -0.1) is 10.2 Å². The molecule has 1 saturated heterocycles. The molecule has 2 heterocycles. The minimum Gasteiger partial charge on any atom is -0.340 e. The number of aryl methyl sites for hydroxylation is 1. The highest BCUT2D eigenvalue weighted by atomic mass is 16.2. The third-order valence-corrected chi connectivity index (χ3v) is 4.01. The van der Waals surface area contributed by atoms with Gasteiger partial charge >= 0.3 is 0 Å². The van der Waals surface area contributed by atoms with E-state index in [-0.39, 0.29) is 18.5 Å². The van der Waals surface area contributed by atoms with Gasteiger partial charge in [-0.25, -0.2) is 0 Å². The summed E-state index contributed by atoms with van der Waals surface area (Å²) in [6.45, 7) is 3.95. The summed E-state index contributed by atoms with van der Waals surface area (Å²) >= 11 is 0. The summed E-state index contributed by atoms with van der Waals surface area (Å²) in [7, 11) is 1.83. The quantitative estimate of drug-likeness (QED) is 0.888. The van der Waals surface area contributed by atoms with Crippen LogP contribution in [0.4, 0.5) is 0 Å². The molecule has 1 aromatic carbocycles. The summed E-state index contributed by atoms with van der Waals surface area (Å²) in [5, 5.41) is 15.5. The molecular formula is C15H20N6O. The molecule has 1 atom stereocenters. The minimum absolute atomic E-state index is 0.00144. The number of tetrazole rings is 1. The van der Waals surface area contributed by atoms with E-state index in [1.54, 1.807) is 4.90 Å². The lowest BCUT2D eigenvalue weighted by Gasteiger charge is -2.23. The number of likely N-dealkylation sites (N-methyl/N-ethyl adjacent to an activating group) is 1. The maximum absolute atomic E-state index is 12.3. The molecule has 1 aromatic heterocycles. The van der Waals surface area contributed by atoms with Crippen LogP contribution in [0.25, 0.3) is 11.4 Å². The highest BCUT2D eigenvalue weighted by Crippen LogP contribution is 2.14. The van der Waals surface area contributed by atoms with Gasteiger partial charge < -0.3 is 10.2 Å². The molecule has 7 nitrogen and oxygen atoms in total. The molecule has 1 N–H and O–H groups in total. The van der Waals surface area contributed by atoms with E-state index in [1.807, 2.05) is 38.2 Å². The normalized spacial score (nSPS) is 17.6. The lowest BCUT2D eigenvalue weighted by atomic mass is 10.1. The van der Waals surface area contributed by atoms with Crippen molar-refractivity contribution in [2.24, 2.45) is 0 Å². The van der Waals surface area contributed by atoms with Gasteiger partial charge in [-0.05, 0) is 25.1 Å². The van der Waals surface area contributed by atoms with Crippen LogP contribution in [0.15, 0.2) is 24.3 Å². The molecular weight excluding hydrogens is 280 g/mol. The molecule has 0 aliphatic carbocycles. The second kappa shape index (κ2) is 6.23. The van der Waals surface area contributed by atoms with Gasteiger partial charge in [-0.3, -0.25) is 4.79 Å². The fourth-order valence-electron chi connectivity index (χ4n) is 2.53. The number of benzene rings is 1. The zero-order valence-corrected chi connectivity index (χ0v) is 12.9. The molecule has 1 unspecified atom stereocenters. The number of hydrogen-bond donors (Lipinski definition) is 1. The van der Waals surface area contributed by atoms with Crippen molar-refractivity contribution in [2.75, 3.05) is 20.1 Å². The monoisotopic (exact) mass is 300 g/mol. The van der Waals surface area contributed by atoms with Crippen LogP contribution >= 0.6 is 0 Å². The van der Waals surface area contributed by atoms with E-state index in [0.717, 1.165) is 25.1 Å². The molecule has 1 aliphatic rings. The smallest absolute Gasteiger partial charge is 0.246 e. The number of nitrogens with one attached hydrogen (secondary N) is 1. The fraction of sp³-hybridized carbons (Fsp3) is 0.467. The number of carbonyl (C=O) groups excluding carboxylic acids is 1. The lowest BCUT2D eigenvalue weighted by molar-refractivity contribution is -0.132. The molecule has 3 rings (SSSR count). The van der Waals surface area contributed by atoms with Gasteiger partial charge in [0.2, 0.25) is 11.7 Å². The van der Waals surface area contributed by atoms with Crippen LogP contribution in [-0.4, -0.2) is 57.2 Å². The van der Waals surface area contributed by atoms with E-state index in [2.05, 4.69) is 20.7 Å². The van der Waals surface area contributed by atoms with E-state index in [4.69, 9.17) is 0 Å². The summed E-state index contributed by atoms with van der Waals surface area (Å²) in [6.07, 6.45) is 0.988. The molecule has 1 fully saturated rings. The molecule has 116 valence electrons. The number of aromatic nitrogens is 4. The van der Waals surface area contributed by atoms with E-state index in [0.29, 0.717) is 5.82 Å². The fourth-order valence-corrected chi connectivity index (χ4v) is 2.53. The van der Waals surface area contributed by atoms with Crippen molar-refractivity contribution in [1.82, 2.24) is 30.4 Å². The van der Waals surface area contributed by atoms with Gasteiger partial charge in [-0.1, -0.05) is 29.8 Å². The Morgan fingerprint density at radius 3 is 2.86 bits per heavy atom. The first-order valence-corrected chi connectivity index (χ1v) is 7.45. The standard InChI is InChI=1S/C15H20N6O/c1-11-3-5-12(6-4-11)15-17-19-21(18-15)10-14(22)20(2)13-7-8-16-9-13/h3-6,13,16H,7-10H2,1-2H3. The van der Waals surface area contributed by atoms with Gasteiger partial charge in [0, 0.05) is 25.2 Å². The van der Waals surface area contributed by atoms with Gasteiger partial charge in [0.25, 0.3) is 0 Å². The molecule has 0 radical (unpaired) electrons. The third kappa shape index (κ3) is 3.14. The number of rotatable bonds is 4.